The zero-order valence-electron chi connectivity index (χ0n) is 14.8. The highest BCUT2D eigenvalue weighted by atomic mass is 16.3. The molecule has 6 heteroatoms. The molecule has 3 heterocycles. The van der Waals surface area contributed by atoms with Crippen LogP contribution in [0.2, 0.25) is 0 Å². The summed E-state index contributed by atoms with van der Waals surface area (Å²) in [6.07, 6.45) is 5.44. The quantitative estimate of drug-likeness (QED) is 0.787. The largest absolute Gasteiger partial charge is 0.461 e. The summed E-state index contributed by atoms with van der Waals surface area (Å²) in [5.74, 6) is 0.0504. The van der Waals surface area contributed by atoms with Crippen LogP contribution < -0.4 is 0 Å². The monoisotopic (exact) mass is 351 g/mol. The van der Waals surface area contributed by atoms with Gasteiger partial charge in [-0.2, -0.15) is 5.26 Å². The number of carbonyl (C=O) groups excluding carboxylic acids is 2. The summed E-state index contributed by atoms with van der Waals surface area (Å²) in [5, 5.41) is 9.03. The van der Waals surface area contributed by atoms with Crippen LogP contribution in [0.5, 0.6) is 0 Å². The Labute approximate surface area is 152 Å². The van der Waals surface area contributed by atoms with Crippen molar-refractivity contribution in [3.8, 4) is 6.07 Å². The van der Waals surface area contributed by atoms with E-state index in [0.29, 0.717) is 29.3 Å². The first-order chi connectivity index (χ1) is 12.6. The van der Waals surface area contributed by atoms with Gasteiger partial charge in [0.1, 0.15) is 11.8 Å². The van der Waals surface area contributed by atoms with E-state index in [0.717, 1.165) is 25.7 Å². The summed E-state index contributed by atoms with van der Waals surface area (Å²) in [4.78, 5) is 31.5. The Hall–Kier alpha value is -2.94. The van der Waals surface area contributed by atoms with Gasteiger partial charge >= 0.3 is 0 Å². The third-order valence-corrected chi connectivity index (χ3v) is 4.78. The maximum atomic E-state index is 13.0. The molecular formula is C20H21N3O3. The molecule has 3 rings (SSSR count). The van der Waals surface area contributed by atoms with Gasteiger partial charge in [-0.25, -0.2) is 4.98 Å². The van der Waals surface area contributed by atoms with Crippen LogP contribution in [0.25, 0.3) is 0 Å². The molecule has 2 aromatic rings. The molecule has 1 aliphatic heterocycles. The molecule has 0 aromatic carbocycles. The molecule has 1 amide bonds. The van der Waals surface area contributed by atoms with Gasteiger partial charge in [-0.05, 0) is 44.0 Å². The highest BCUT2D eigenvalue weighted by Crippen LogP contribution is 2.23. The number of hydrogen-bond donors (Lipinski definition) is 0. The summed E-state index contributed by atoms with van der Waals surface area (Å²) in [6.45, 7) is 2.32. The first-order valence-corrected chi connectivity index (χ1v) is 8.85. The van der Waals surface area contributed by atoms with Crippen LogP contribution in [-0.4, -0.2) is 34.2 Å². The van der Waals surface area contributed by atoms with Crippen LogP contribution in [0.3, 0.4) is 0 Å². The number of likely N-dealkylation sites (tertiary alicyclic amines) is 1. The zero-order chi connectivity index (χ0) is 18.5. The Morgan fingerprint density at radius 3 is 2.85 bits per heavy atom. The Morgan fingerprint density at radius 1 is 1.31 bits per heavy atom. The van der Waals surface area contributed by atoms with E-state index in [4.69, 9.17) is 9.68 Å². The first-order valence-electron chi connectivity index (χ1n) is 8.85. The molecule has 0 N–H and O–H groups in total. The smallest absolute Gasteiger partial charge is 0.272 e. The summed E-state index contributed by atoms with van der Waals surface area (Å²) in [6, 6.07) is 8.44. The fraction of sp³-hybridized carbons (Fsp3) is 0.400. The Kier molecular flexibility index (Phi) is 5.47. The molecule has 0 spiro atoms. The fourth-order valence-electron chi connectivity index (χ4n) is 3.35. The number of aromatic nitrogens is 1. The van der Waals surface area contributed by atoms with Crippen LogP contribution in [0, 0.1) is 18.3 Å². The van der Waals surface area contributed by atoms with Gasteiger partial charge in [-0.1, -0.05) is 12.8 Å². The van der Waals surface area contributed by atoms with Gasteiger partial charge in [0.05, 0.1) is 17.5 Å². The van der Waals surface area contributed by atoms with Crippen LogP contribution in [0.1, 0.15) is 64.4 Å². The lowest BCUT2D eigenvalue weighted by molar-refractivity contribution is 0.0650. The number of hydrogen-bond acceptors (Lipinski definition) is 5. The van der Waals surface area contributed by atoms with E-state index in [1.807, 2.05) is 0 Å². The minimum Gasteiger partial charge on any atom is -0.461 e. The number of pyridine rings is 1. The fourth-order valence-corrected chi connectivity index (χ4v) is 3.35. The van der Waals surface area contributed by atoms with Crippen molar-refractivity contribution in [1.29, 1.82) is 5.26 Å². The molecule has 0 radical (unpaired) electrons. The Morgan fingerprint density at radius 2 is 2.15 bits per heavy atom. The second kappa shape index (κ2) is 7.96. The van der Waals surface area contributed by atoms with Crippen molar-refractivity contribution in [3.05, 3.63) is 53.2 Å². The van der Waals surface area contributed by atoms with Crippen LogP contribution in [0.4, 0.5) is 0 Å². The minimum atomic E-state index is -0.184. The topological polar surface area (TPSA) is 87.2 Å². The third-order valence-electron chi connectivity index (χ3n) is 4.78. The van der Waals surface area contributed by atoms with Gasteiger partial charge in [0, 0.05) is 19.0 Å². The van der Waals surface area contributed by atoms with Crippen molar-refractivity contribution in [2.45, 2.75) is 45.1 Å². The van der Waals surface area contributed by atoms with Gasteiger partial charge in [0.25, 0.3) is 5.91 Å². The summed E-state index contributed by atoms with van der Waals surface area (Å²) in [7, 11) is 0. The maximum absolute atomic E-state index is 13.0. The molecule has 26 heavy (non-hydrogen) atoms. The van der Waals surface area contributed by atoms with Crippen molar-refractivity contribution in [2.75, 3.05) is 6.54 Å². The number of ketones is 1. The molecule has 6 nitrogen and oxygen atoms in total. The number of amides is 1. The molecule has 0 saturated carbocycles. The van der Waals surface area contributed by atoms with E-state index in [-0.39, 0.29) is 24.2 Å². The molecule has 1 unspecified atom stereocenters. The summed E-state index contributed by atoms with van der Waals surface area (Å²) in [5.41, 5.74) is 1.32. The molecule has 1 saturated heterocycles. The van der Waals surface area contributed by atoms with Gasteiger partial charge in [0.15, 0.2) is 11.5 Å². The number of aryl methyl sites for hydroxylation is 1. The van der Waals surface area contributed by atoms with Crippen molar-refractivity contribution in [1.82, 2.24) is 9.88 Å². The molecule has 0 aliphatic carbocycles. The predicted molar refractivity (Wildman–Crippen MR) is 94.6 cm³/mol. The van der Waals surface area contributed by atoms with Crippen LogP contribution >= 0.6 is 0 Å². The van der Waals surface area contributed by atoms with Crippen molar-refractivity contribution >= 4 is 11.7 Å². The van der Waals surface area contributed by atoms with Gasteiger partial charge in [0.2, 0.25) is 0 Å². The standard InChI is InChI=1S/C20H21N3O3/c1-14-15(13-21)8-9-17(22-14)20(25)23-10-4-2-3-6-16(23)12-18(24)19-7-5-11-26-19/h5,7-9,11,16H,2-4,6,10,12H2,1H3. The average Bonchev–Trinajstić information content (AvgIpc) is 3.09. The van der Waals surface area contributed by atoms with Gasteiger partial charge in [-0.3, -0.25) is 9.59 Å². The summed E-state index contributed by atoms with van der Waals surface area (Å²) >= 11 is 0. The average molecular weight is 351 g/mol. The zero-order valence-corrected chi connectivity index (χ0v) is 14.8. The number of rotatable bonds is 4. The van der Waals surface area contributed by atoms with Gasteiger partial charge < -0.3 is 9.32 Å². The predicted octanol–water partition coefficient (Wildman–Crippen LogP) is 3.51. The second-order valence-corrected chi connectivity index (χ2v) is 6.55. The van der Waals surface area contributed by atoms with Crippen molar-refractivity contribution in [2.24, 2.45) is 0 Å². The molecule has 134 valence electrons. The van der Waals surface area contributed by atoms with Crippen LogP contribution in [0.15, 0.2) is 34.9 Å². The number of furan rings is 1. The van der Waals surface area contributed by atoms with Crippen molar-refractivity contribution in [3.63, 3.8) is 0 Å². The molecule has 1 atom stereocenters. The lowest BCUT2D eigenvalue weighted by atomic mass is 10.0. The highest BCUT2D eigenvalue weighted by molar-refractivity contribution is 5.96. The lowest BCUT2D eigenvalue weighted by Gasteiger charge is -2.29. The number of Topliss-reactive ketones (excluding diaryl/α,β-unsaturated/α-hetero) is 1. The van der Waals surface area contributed by atoms with E-state index in [1.165, 1.54) is 6.26 Å². The second-order valence-electron chi connectivity index (χ2n) is 6.55. The van der Waals surface area contributed by atoms with Crippen LogP contribution in [-0.2, 0) is 0 Å². The SMILES string of the molecule is Cc1nc(C(=O)N2CCCCCC2CC(=O)c2ccco2)ccc1C#N. The Bertz CT molecular complexity index is 836. The van der Waals surface area contributed by atoms with E-state index in [1.54, 1.807) is 36.1 Å². The van der Waals surface area contributed by atoms with Crippen molar-refractivity contribution < 1.29 is 14.0 Å². The number of carbonyl (C=O) groups is 2. The molecule has 1 aliphatic rings. The number of nitriles is 1. The highest BCUT2D eigenvalue weighted by Gasteiger charge is 2.29. The normalized spacial score (nSPS) is 17.4. The molecule has 2 aromatic heterocycles. The molecule has 0 bridgehead atoms. The van der Waals surface area contributed by atoms with Gasteiger partial charge in [-0.15, -0.1) is 0 Å². The third kappa shape index (κ3) is 3.83. The van der Waals surface area contributed by atoms with E-state index < -0.39 is 0 Å². The first kappa shape index (κ1) is 17.9. The minimum absolute atomic E-state index is 0.0938. The number of nitrogens with zero attached hydrogens (tertiary/aromatic N) is 3. The molecular weight excluding hydrogens is 330 g/mol. The lowest BCUT2D eigenvalue weighted by Crippen LogP contribution is -2.41. The van der Waals surface area contributed by atoms with E-state index in [9.17, 15) is 9.59 Å². The van der Waals surface area contributed by atoms with E-state index in [2.05, 4.69) is 11.1 Å². The molecule has 1 fully saturated rings. The maximum Gasteiger partial charge on any atom is 0.272 e. The van der Waals surface area contributed by atoms with E-state index >= 15 is 0 Å². The summed E-state index contributed by atoms with van der Waals surface area (Å²) < 4.78 is 5.19. The Balaban J connectivity index is 1.82.